The van der Waals surface area contributed by atoms with E-state index in [0.29, 0.717) is 0 Å². The van der Waals surface area contributed by atoms with Crippen molar-refractivity contribution < 1.29 is 36.0 Å². The number of esters is 1. The van der Waals surface area contributed by atoms with E-state index in [4.69, 9.17) is 21.3 Å². The van der Waals surface area contributed by atoms with Crippen LogP contribution in [0.1, 0.15) is 17.3 Å². The first-order valence-electron chi connectivity index (χ1n) is 11.1. The van der Waals surface area contributed by atoms with Crippen LogP contribution in [0.4, 0.5) is 34.1 Å². The third kappa shape index (κ3) is 6.99. The van der Waals surface area contributed by atoms with Crippen LogP contribution in [0.2, 0.25) is 0 Å². The Morgan fingerprint density at radius 1 is 0.897 bits per heavy atom. The van der Waals surface area contributed by atoms with Crippen molar-refractivity contribution in [2.45, 2.75) is 16.7 Å². The largest absolute Gasteiger partial charge is 0.462 e. The maximum absolute atomic E-state index is 12.2. The molecule has 0 aromatic heterocycles. The van der Waals surface area contributed by atoms with Crippen LogP contribution in [0.25, 0.3) is 0 Å². The lowest BCUT2D eigenvalue weighted by atomic mass is 10.2. The van der Waals surface area contributed by atoms with Gasteiger partial charge in [-0.15, -0.1) is 15.3 Å². The van der Waals surface area contributed by atoms with Gasteiger partial charge in [0.1, 0.15) is 22.0 Å². The Labute approximate surface area is 223 Å². The van der Waals surface area contributed by atoms with Gasteiger partial charge in [0.25, 0.3) is 10.1 Å². The maximum atomic E-state index is 12.2. The van der Waals surface area contributed by atoms with Crippen LogP contribution in [0.5, 0.6) is 0 Å². The van der Waals surface area contributed by atoms with Crippen molar-refractivity contribution in [2.24, 2.45) is 20.5 Å². The average molecular weight is 577 g/mol. The fourth-order valence-electron chi connectivity index (χ4n) is 3.20. The summed E-state index contributed by atoms with van der Waals surface area (Å²) in [4.78, 5) is 11.3. The molecule has 39 heavy (non-hydrogen) atoms. The predicted molar refractivity (Wildman–Crippen MR) is 141 cm³/mol. The lowest BCUT2D eigenvalue weighted by Gasteiger charge is -2.11. The Hall–Kier alpha value is -4.25. The minimum absolute atomic E-state index is 0.0604. The summed E-state index contributed by atoms with van der Waals surface area (Å²) in [6, 6.07) is 12.2. The van der Waals surface area contributed by atoms with Crippen LogP contribution >= 0.6 is 0 Å². The zero-order valence-electron chi connectivity index (χ0n) is 20.4. The number of aliphatic hydroxyl groups is 1. The molecule has 0 saturated carbocycles. The van der Waals surface area contributed by atoms with E-state index in [2.05, 4.69) is 20.5 Å². The Kier molecular flexibility index (Phi) is 9.08. The van der Waals surface area contributed by atoms with E-state index in [-0.39, 0.29) is 45.5 Å². The summed E-state index contributed by atoms with van der Waals surface area (Å²) in [6.45, 7) is 1.17. The molecule has 0 atom stereocenters. The number of carbonyl (C=O) groups is 1. The van der Waals surface area contributed by atoms with Crippen LogP contribution < -0.4 is 11.5 Å². The van der Waals surface area contributed by atoms with Crippen molar-refractivity contribution in [1.29, 1.82) is 0 Å². The first-order valence-corrected chi connectivity index (χ1v) is 14.2. The molecule has 0 spiro atoms. The zero-order chi connectivity index (χ0) is 28.8. The highest BCUT2D eigenvalue weighted by atomic mass is 32.2. The molecule has 14 nitrogen and oxygen atoms in total. The Bertz CT molecular complexity index is 1670. The van der Waals surface area contributed by atoms with E-state index < -0.39 is 48.9 Å². The van der Waals surface area contributed by atoms with E-state index in [9.17, 15) is 26.2 Å². The molecule has 0 heterocycles. The molecule has 3 rings (SSSR count). The van der Waals surface area contributed by atoms with Crippen molar-refractivity contribution in [3.05, 3.63) is 60.2 Å². The summed E-state index contributed by atoms with van der Waals surface area (Å²) in [6.07, 6.45) is 0. The van der Waals surface area contributed by atoms with Crippen molar-refractivity contribution in [1.82, 2.24) is 0 Å². The number of carbonyl (C=O) groups excluding carboxylic acids is 1. The molecule has 206 valence electrons. The number of azo groups is 2. The van der Waals surface area contributed by atoms with Crippen molar-refractivity contribution in [2.75, 3.05) is 30.4 Å². The lowest BCUT2D eigenvalue weighted by Crippen LogP contribution is -2.09. The highest BCUT2D eigenvalue weighted by molar-refractivity contribution is 7.91. The minimum Gasteiger partial charge on any atom is -0.462 e. The summed E-state index contributed by atoms with van der Waals surface area (Å²) >= 11 is 0. The van der Waals surface area contributed by atoms with Gasteiger partial charge in [0.2, 0.25) is 0 Å². The van der Waals surface area contributed by atoms with E-state index in [1.165, 1.54) is 36.4 Å². The van der Waals surface area contributed by atoms with Gasteiger partial charge < -0.3 is 21.3 Å². The summed E-state index contributed by atoms with van der Waals surface area (Å²) in [7, 11) is -8.66. The standard InChI is InChI=1S/C23H24N6O8S2/c1-2-37-23(31)16-8-3-4-9-17(16)27-29-22-20(24)18(13-19(21(22)25)39(34,35)36)28-26-14-6-5-7-15(12-14)38(32,33)11-10-30/h3-9,12-13,30H,2,10-11,24-25H2,1H3,(H,34,35,36). The number of nitrogens with two attached hydrogens (primary N) is 2. The molecule has 16 heteroatoms. The Balaban J connectivity index is 2.11. The predicted octanol–water partition coefficient (Wildman–Crippen LogP) is 3.87. The van der Waals surface area contributed by atoms with Gasteiger partial charge in [-0.2, -0.15) is 13.5 Å². The molecule has 0 saturated heterocycles. The number of hydrogen-bond acceptors (Lipinski definition) is 13. The maximum Gasteiger partial charge on any atom is 0.340 e. The highest BCUT2D eigenvalue weighted by Gasteiger charge is 2.23. The molecule has 0 amide bonds. The number of aliphatic hydroxyl groups excluding tert-OH is 1. The summed E-state index contributed by atoms with van der Waals surface area (Å²) in [5.74, 6) is -1.17. The second-order valence-corrected chi connectivity index (χ2v) is 11.2. The second-order valence-electron chi connectivity index (χ2n) is 7.72. The third-order valence-electron chi connectivity index (χ3n) is 5.06. The molecule has 0 radical (unpaired) electrons. The summed E-state index contributed by atoms with van der Waals surface area (Å²) in [5, 5.41) is 24.7. The highest BCUT2D eigenvalue weighted by Crippen LogP contribution is 2.43. The molecule has 3 aromatic rings. The molecule has 3 aromatic carbocycles. The number of sulfone groups is 1. The number of anilines is 2. The third-order valence-corrected chi connectivity index (χ3v) is 7.65. The smallest absolute Gasteiger partial charge is 0.340 e. The fourth-order valence-corrected chi connectivity index (χ4v) is 4.90. The van der Waals surface area contributed by atoms with E-state index >= 15 is 0 Å². The van der Waals surface area contributed by atoms with Crippen LogP contribution in [-0.4, -0.2) is 51.4 Å². The molecule has 6 N–H and O–H groups in total. The SMILES string of the molecule is CCOC(=O)c1ccccc1N=Nc1c(N)c(N=Nc2cccc(S(=O)(=O)CCO)c2)cc(S(=O)(=O)O)c1N. The van der Waals surface area contributed by atoms with Crippen molar-refractivity contribution in [3.8, 4) is 0 Å². The number of nitrogen functional groups attached to an aromatic ring is 2. The van der Waals surface area contributed by atoms with E-state index in [0.717, 1.165) is 6.07 Å². The van der Waals surface area contributed by atoms with Crippen molar-refractivity contribution >= 4 is 60.0 Å². The number of hydrogen-bond donors (Lipinski definition) is 4. The molecule has 0 fully saturated rings. The molecule has 0 aliphatic carbocycles. The monoisotopic (exact) mass is 576 g/mol. The van der Waals surface area contributed by atoms with Crippen molar-refractivity contribution in [3.63, 3.8) is 0 Å². The van der Waals surface area contributed by atoms with Crippen LogP contribution in [0.15, 0.2) is 84.8 Å². The normalized spacial score (nSPS) is 12.3. The molecule has 0 bridgehead atoms. The van der Waals surface area contributed by atoms with Gasteiger partial charge in [0.05, 0.1) is 46.5 Å². The van der Waals surface area contributed by atoms with Crippen LogP contribution in [0, 0.1) is 0 Å². The lowest BCUT2D eigenvalue weighted by molar-refractivity contribution is 0.0527. The first kappa shape index (κ1) is 29.3. The van der Waals surface area contributed by atoms with Gasteiger partial charge >= 0.3 is 5.97 Å². The minimum atomic E-state index is -4.88. The van der Waals surface area contributed by atoms with E-state index in [1.54, 1.807) is 19.1 Å². The summed E-state index contributed by atoms with van der Waals surface area (Å²) < 4.78 is 63.1. The molecular weight excluding hydrogens is 552 g/mol. The van der Waals surface area contributed by atoms with E-state index in [1.807, 2.05) is 0 Å². The fraction of sp³-hybridized carbons (Fsp3) is 0.174. The molecule has 0 aliphatic rings. The summed E-state index contributed by atoms with van der Waals surface area (Å²) in [5.41, 5.74) is 10.8. The molecule has 0 aliphatic heterocycles. The second kappa shape index (κ2) is 12.1. The van der Waals surface area contributed by atoms with Gasteiger partial charge in [0.15, 0.2) is 9.84 Å². The Morgan fingerprint density at radius 3 is 2.26 bits per heavy atom. The van der Waals surface area contributed by atoms with Gasteiger partial charge in [-0.25, -0.2) is 13.2 Å². The number of ether oxygens (including phenoxy) is 1. The van der Waals surface area contributed by atoms with Gasteiger partial charge in [-0.3, -0.25) is 4.55 Å². The van der Waals surface area contributed by atoms with Gasteiger partial charge in [-0.05, 0) is 43.3 Å². The first-order chi connectivity index (χ1) is 18.4. The average Bonchev–Trinajstić information content (AvgIpc) is 2.88. The topological polar surface area (TPSA) is 237 Å². The molecule has 0 unspecified atom stereocenters. The van der Waals surface area contributed by atoms with Gasteiger partial charge in [0, 0.05) is 0 Å². The number of rotatable bonds is 10. The Morgan fingerprint density at radius 2 is 1.59 bits per heavy atom. The number of nitrogens with zero attached hydrogens (tertiary/aromatic N) is 4. The van der Waals surface area contributed by atoms with Gasteiger partial charge in [-0.1, -0.05) is 18.2 Å². The quantitative estimate of drug-likeness (QED) is 0.118. The zero-order valence-corrected chi connectivity index (χ0v) is 22.1. The van der Waals surface area contributed by atoms with Crippen LogP contribution in [0.3, 0.4) is 0 Å². The molecular formula is C23H24N6O8S2. The van der Waals surface area contributed by atoms with Crippen LogP contribution in [-0.2, 0) is 24.7 Å². The number of benzene rings is 3.